The van der Waals surface area contributed by atoms with Crippen LogP contribution >= 0.6 is 11.3 Å². The Morgan fingerprint density at radius 2 is 2.25 bits per heavy atom. The molecule has 128 valence electrons. The minimum absolute atomic E-state index is 0.00297. The Morgan fingerprint density at radius 3 is 3.04 bits per heavy atom. The van der Waals surface area contributed by atoms with Crippen LogP contribution in [0, 0.1) is 12.8 Å². The van der Waals surface area contributed by atoms with Crippen LogP contribution in [0.25, 0.3) is 0 Å². The molecule has 4 nitrogen and oxygen atoms in total. The Bertz CT molecular complexity index is 697. The number of nitrogens with one attached hydrogen (secondary N) is 1. The number of piperidine rings is 1. The number of rotatable bonds is 5. The Labute approximate surface area is 147 Å². The quantitative estimate of drug-likeness (QED) is 0.896. The number of likely N-dealkylation sites (tertiary alicyclic amines) is 1. The number of aryl methyl sites for hydroxylation is 1. The third-order valence-corrected chi connectivity index (χ3v) is 5.34. The minimum atomic E-state index is -0.00297. The van der Waals surface area contributed by atoms with E-state index in [1.165, 1.54) is 24.2 Å². The smallest absolute Gasteiger partial charge is 0.230 e. The summed E-state index contributed by atoms with van der Waals surface area (Å²) in [6, 6.07) is 7.99. The molecule has 5 heteroatoms. The van der Waals surface area contributed by atoms with Crippen molar-refractivity contribution in [1.29, 1.82) is 0 Å². The third-order valence-electron chi connectivity index (χ3n) is 4.54. The van der Waals surface area contributed by atoms with Crippen molar-refractivity contribution >= 4 is 22.4 Å². The second-order valence-electron chi connectivity index (χ2n) is 6.78. The van der Waals surface area contributed by atoms with E-state index in [9.17, 15) is 4.79 Å². The van der Waals surface area contributed by atoms with E-state index in [4.69, 9.17) is 0 Å². The highest BCUT2D eigenvalue weighted by atomic mass is 32.1. The first kappa shape index (κ1) is 17.1. The van der Waals surface area contributed by atoms with E-state index in [0.717, 1.165) is 42.4 Å². The van der Waals surface area contributed by atoms with Crippen LogP contribution in [0.3, 0.4) is 0 Å². The molecule has 1 aliphatic rings. The van der Waals surface area contributed by atoms with Crippen LogP contribution in [0.4, 0.5) is 5.13 Å². The van der Waals surface area contributed by atoms with Crippen LogP contribution in [0.15, 0.2) is 29.6 Å². The van der Waals surface area contributed by atoms with Gasteiger partial charge in [-0.1, -0.05) is 31.2 Å². The second-order valence-corrected chi connectivity index (χ2v) is 7.64. The lowest BCUT2D eigenvalue weighted by molar-refractivity contribution is -0.115. The number of anilines is 1. The first-order chi connectivity index (χ1) is 11.6. The van der Waals surface area contributed by atoms with Crippen molar-refractivity contribution in [2.24, 2.45) is 5.92 Å². The average Bonchev–Trinajstić information content (AvgIpc) is 2.96. The van der Waals surface area contributed by atoms with Crippen LogP contribution < -0.4 is 5.32 Å². The molecule has 1 aromatic heterocycles. The molecule has 2 heterocycles. The molecule has 2 aromatic rings. The van der Waals surface area contributed by atoms with Gasteiger partial charge >= 0.3 is 0 Å². The number of carbonyl (C=O) groups excluding carboxylic acids is 1. The van der Waals surface area contributed by atoms with Crippen LogP contribution in [-0.4, -0.2) is 28.9 Å². The summed E-state index contributed by atoms with van der Waals surface area (Å²) in [6.45, 7) is 7.52. The number of hydrogen-bond acceptors (Lipinski definition) is 4. The summed E-state index contributed by atoms with van der Waals surface area (Å²) in [4.78, 5) is 19.3. The summed E-state index contributed by atoms with van der Waals surface area (Å²) in [6.07, 6.45) is 2.99. The molecule has 0 saturated carbocycles. The molecular formula is C19H25N3OS. The van der Waals surface area contributed by atoms with Crippen LogP contribution in [0.2, 0.25) is 0 Å². The Kier molecular flexibility index (Phi) is 5.63. The van der Waals surface area contributed by atoms with Gasteiger partial charge in [0.05, 0.1) is 12.1 Å². The summed E-state index contributed by atoms with van der Waals surface area (Å²) >= 11 is 1.51. The number of thiazole rings is 1. The number of nitrogens with zero attached hydrogens (tertiary/aromatic N) is 2. The van der Waals surface area contributed by atoms with Crippen molar-refractivity contribution in [3.05, 3.63) is 46.5 Å². The van der Waals surface area contributed by atoms with Crippen molar-refractivity contribution in [1.82, 2.24) is 9.88 Å². The number of amides is 1. The molecule has 1 fully saturated rings. The van der Waals surface area contributed by atoms with E-state index >= 15 is 0 Å². The van der Waals surface area contributed by atoms with Crippen LogP contribution in [0.1, 0.15) is 36.6 Å². The van der Waals surface area contributed by atoms with Gasteiger partial charge in [-0.05, 0) is 43.4 Å². The fraction of sp³-hybridized carbons (Fsp3) is 0.474. The predicted molar refractivity (Wildman–Crippen MR) is 99.3 cm³/mol. The summed E-state index contributed by atoms with van der Waals surface area (Å²) in [5, 5.41) is 5.69. The molecule has 0 radical (unpaired) electrons. The molecule has 0 unspecified atom stereocenters. The Balaban J connectivity index is 1.54. The first-order valence-electron chi connectivity index (χ1n) is 8.61. The van der Waals surface area contributed by atoms with Gasteiger partial charge in [0.2, 0.25) is 5.91 Å². The van der Waals surface area contributed by atoms with Gasteiger partial charge in [-0.15, -0.1) is 11.3 Å². The van der Waals surface area contributed by atoms with Crippen molar-refractivity contribution in [3.8, 4) is 0 Å². The molecular weight excluding hydrogens is 318 g/mol. The standard InChI is InChI=1S/C19H25N3OS/c1-14-6-5-9-22(11-14)12-17-13-24-19(20-17)21-18(23)10-16-8-4-3-7-15(16)2/h3-4,7-8,13-14H,5-6,9-12H2,1-2H3,(H,20,21,23)/t14-/m1/s1. The van der Waals surface area contributed by atoms with Crippen LogP contribution in [0.5, 0.6) is 0 Å². The zero-order chi connectivity index (χ0) is 16.9. The van der Waals surface area contributed by atoms with Gasteiger partial charge in [0, 0.05) is 18.5 Å². The largest absolute Gasteiger partial charge is 0.302 e. The summed E-state index contributed by atoms with van der Waals surface area (Å²) in [5.41, 5.74) is 3.26. The highest BCUT2D eigenvalue weighted by Crippen LogP contribution is 2.21. The fourth-order valence-electron chi connectivity index (χ4n) is 3.24. The molecule has 3 rings (SSSR count). The molecule has 0 bridgehead atoms. The summed E-state index contributed by atoms with van der Waals surface area (Å²) in [5.74, 6) is 0.766. The predicted octanol–water partition coefficient (Wildman–Crippen LogP) is 3.86. The lowest BCUT2D eigenvalue weighted by atomic mass is 10.0. The second kappa shape index (κ2) is 7.90. The van der Waals surface area contributed by atoms with E-state index in [2.05, 4.69) is 27.5 Å². The van der Waals surface area contributed by atoms with E-state index < -0.39 is 0 Å². The Hall–Kier alpha value is -1.72. The van der Waals surface area contributed by atoms with E-state index in [-0.39, 0.29) is 5.91 Å². The lowest BCUT2D eigenvalue weighted by Crippen LogP contribution is -2.33. The van der Waals surface area contributed by atoms with Crippen molar-refractivity contribution in [3.63, 3.8) is 0 Å². The maximum Gasteiger partial charge on any atom is 0.230 e. The van der Waals surface area contributed by atoms with Gasteiger partial charge in [0.1, 0.15) is 0 Å². The van der Waals surface area contributed by atoms with E-state index in [1.54, 1.807) is 0 Å². The number of aromatic nitrogens is 1. The van der Waals surface area contributed by atoms with Crippen molar-refractivity contribution < 1.29 is 4.79 Å². The molecule has 1 aromatic carbocycles. The molecule has 24 heavy (non-hydrogen) atoms. The molecule has 1 atom stereocenters. The minimum Gasteiger partial charge on any atom is -0.302 e. The van der Waals surface area contributed by atoms with Gasteiger partial charge in [-0.3, -0.25) is 9.69 Å². The molecule has 1 amide bonds. The van der Waals surface area contributed by atoms with Gasteiger partial charge in [-0.25, -0.2) is 4.98 Å². The maximum absolute atomic E-state index is 12.2. The number of benzene rings is 1. The highest BCUT2D eigenvalue weighted by Gasteiger charge is 2.17. The average molecular weight is 343 g/mol. The van der Waals surface area contributed by atoms with Crippen molar-refractivity contribution in [2.75, 3.05) is 18.4 Å². The van der Waals surface area contributed by atoms with Gasteiger partial charge in [0.15, 0.2) is 5.13 Å². The first-order valence-corrected chi connectivity index (χ1v) is 9.49. The summed E-state index contributed by atoms with van der Waals surface area (Å²) in [7, 11) is 0. The SMILES string of the molecule is Cc1ccccc1CC(=O)Nc1nc(CN2CCC[C@@H](C)C2)cs1. The monoisotopic (exact) mass is 343 g/mol. The Morgan fingerprint density at radius 1 is 1.42 bits per heavy atom. The molecule has 1 N–H and O–H groups in total. The van der Waals surface area contributed by atoms with E-state index in [1.807, 2.05) is 31.2 Å². The topological polar surface area (TPSA) is 45.2 Å². The third kappa shape index (κ3) is 4.65. The lowest BCUT2D eigenvalue weighted by Gasteiger charge is -2.30. The normalized spacial score (nSPS) is 18.5. The van der Waals surface area contributed by atoms with Gasteiger partial charge in [0.25, 0.3) is 0 Å². The molecule has 0 aliphatic carbocycles. The fourth-order valence-corrected chi connectivity index (χ4v) is 3.96. The summed E-state index contributed by atoms with van der Waals surface area (Å²) < 4.78 is 0. The molecule has 1 saturated heterocycles. The van der Waals surface area contributed by atoms with Crippen LogP contribution in [-0.2, 0) is 17.8 Å². The number of carbonyl (C=O) groups is 1. The molecule has 0 spiro atoms. The van der Waals surface area contributed by atoms with Gasteiger partial charge in [-0.2, -0.15) is 0 Å². The highest BCUT2D eigenvalue weighted by molar-refractivity contribution is 7.13. The maximum atomic E-state index is 12.2. The number of hydrogen-bond donors (Lipinski definition) is 1. The zero-order valence-electron chi connectivity index (χ0n) is 14.4. The van der Waals surface area contributed by atoms with Gasteiger partial charge < -0.3 is 5.32 Å². The van der Waals surface area contributed by atoms with Crippen molar-refractivity contribution in [2.45, 2.75) is 39.7 Å². The molecule has 1 aliphatic heterocycles. The van der Waals surface area contributed by atoms with E-state index in [0.29, 0.717) is 11.6 Å². The zero-order valence-corrected chi connectivity index (χ0v) is 15.2.